The molecule has 3 aromatic rings. The van der Waals surface area contributed by atoms with Gasteiger partial charge < -0.3 is 11.1 Å². The molecule has 1 atom stereocenters. The van der Waals surface area contributed by atoms with Crippen LogP contribution in [0, 0.1) is 0 Å². The van der Waals surface area contributed by atoms with Crippen LogP contribution in [0.15, 0.2) is 61.1 Å². The smallest absolute Gasteiger partial charge is 0.270 e. The molecule has 26 heavy (non-hydrogen) atoms. The summed E-state index contributed by atoms with van der Waals surface area (Å²) in [6.45, 7) is 4.65. The van der Waals surface area contributed by atoms with Gasteiger partial charge in [0.15, 0.2) is 0 Å². The molecule has 1 amide bonds. The predicted molar refractivity (Wildman–Crippen MR) is 101 cm³/mol. The first kappa shape index (κ1) is 17.8. The summed E-state index contributed by atoms with van der Waals surface area (Å²) in [5.41, 5.74) is 9.58. The molecule has 0 aliphatic rings. The molecular weight excluding hydrogens is 326 g/mol. The lowest BCUT2D eigenvalue weighted by Crippen LogP contribution is -2.32. The average Bonchev–Trinajstić information content (AvgIpc) is 3.21. The molecule has 1 unspecified atom stereocenters. The highest BCUT2D eigenvalue weighted by Gasteiger charge is 2.12. The van der Waals surface area contributed by atoms with Crippen molar-refractivity contribution in [2.24, 2.45) is 5.73 Å². The molecular formula is C20H23N5O. The maximum Gasteiger partial charge on any atom is 0.270 e. The van der Waals surface area contributed by atoms with Gasteiger partial charge in [0.25, 0.3) is 5.91 Å². The monoisotopic (exact) mass is 349 g/mol. The normalized spacial score (nSPS) is 12.2. The van der Waals surface area contributed by atoms with Crippen molar-refractivity contribution in [3.8, 4) is 5.69 Å². The van der Waals surface area contributed by atoms with Crippen LogP contribution in [-0.2, 0) is 0 Å². The van der Waals surface area contributed by atoms with Gasteiger partial charge in [0.1, 0.15) is 5.69 Å². The molecule has 0 fully saturated rings. The van der Waals surface area contributed by atoms with Gasteiger partial charge in [-0.25, -0.2) is 4.68 Å². The van der Waals surface area contributed by atoms with E-state index in [1.165, 1.54) is 5.56 Å². The Balaban J connectivity index is 1.62. The molecule has 6 heteroatoms. The Morgan fingerprint density at radius 1 is 1.15 bits per heavy atom. The minimum Gasteiger partial charge on any atom is -0.349 e. The third-order valence-corrected chi connectivity index (χ3v) is 4.26. The van der Waals surface area contributed by atoms with E-state index >= 15 is 0 Å². The fourth-order valence-corrected chi connectivity index (χ4v) is 2.65. The molecule has 134 valence electrons. The first-order chi connectivity index (χ1) is 12.5. The number of nitrogens with one attached hydrogen (secondary N) is 1. The molecule has 3 rings (SSSR count). The molecule has 0 spiro atoms. The van der Waals surface area contributed by atoms with E-state index in [0.29, 0.717) is 18.2 Å². The molecule has 0 saturated carbocycles. The van der Waals surface area contributed by atoms with Gasteiger partial charge in [-0.15, -0.1) is 0 Å². The summed E-state index contributed by atoms with van der Waals surface area (Å²) in [6, 6.07) is 13.2. The zero-order chi connectivity index (χ0) is 18.5. The largest absolute Gasteiger partial charge is 0.349 e. The summed E-state index contributed by atoms with van der Waals surface area (Å²) >= 11 is 0. The van der Waals surface area contributed by atoms with Crippen LogP contribution in [0.5, 0.6) is 0 Å². The van der Waals surface area contributed by atoms with E-state index < -0.39 is 0 Å². The van der Waals surface area contributed by atoms with Gasteiger partial charge in [-0.3, -0.25) is 9.78 Å². The lowest BCUT2D eigenvalue weighted by atomic mass is 9.99. The van der Waals surface area contributed by atoms with Crippen molar-refractivity contribution in [3.63, 3.8) is 0 Å². The number of hydrogen-bond acceptors (Lipinski definition) is 4. The molecule has 2 heterocycles. The number of rotatable bonds is 6. The predicted octanol–water partition coefficient (Wildman–Crippen LogP) is 2.82. The fourth-order valence-electron chi connectivity index (χ4n) is 2.65. The second kappa shape index (κ2) is 7.93. The van der Waals surface area contributed by atoms with Gasteiger partial charge in [0, 0.05) is 31.2 Å². The van der Waals surface area contributed by atoms with Gasteiger partial charge in [-0.05, 0) is 35.2 Å². The Morgan fingerprint density at radius 2 is 1.88 bits per heavy atom. The Morgan fingerprint density at radius 3 is 2.54 bits per heavy atom. The second-order valence-electron chi connectivity index (χ2n) is 6.49. The number of nitrogens with zero attached hydrogens (tertiary/aromatic N) is 3. The van der Waals surface area contributed by atoms with E-state index in [-0.39, 0.29) is 11.9 Å². The van der Waals surface area contributed by atoms with Gasteiger partial charge in [0.05, 0.1) is 5.69 Å². The zero-order valence-corrected chi connectivity index (χ0v) is 15.0. The molecule has 0 saturated heterocycles. The van der Waals surface area contributed by atoms with E-state index in [4.69, 9.17) is 5.73 Å². The quantitative estimate of drug-likeness (QED) is 0.716. The van der Waals surface area contributed by atoms with Crippen LogP contribution >= 0.6 is 0 Å². The van der Waals surface area contributed by atoms with E-state index in [1.54, 1.807) is 29.2 Å². The molecule has 0 aliphatic carbocycles. The fraction of sp³-hybridized carbons (Fsp3) is 0.250. The number of aromatic nitrogens is 3. The molecule has 0 aliphatic heterocycles. The Labute approximate surface area is 153 Å². The van der Waals surface area contributed by atoms with E-state index in [2.05, 4.69) is 41.4 Å². The highest BCUT2D eigenvalue weighted by molar-refractivity contribution is 5.92. The minimum atomic E-state index is -0.269. The van der Waals surface area contributed by atoms with Crippen molar-refractivity contribution in [3.05, 3.63) is 77.9 Å². The number of carbonyl (C=O) groups is 1. The van der Waals surface area contributed by atoms with Crippen LogP contribution in [0.3, 0.4) is 0 Å². The summed E-state index contributed by atoms with van der Waals surface area (Å²) < 4.78 is 1.68. The van der Waals surface area contributed by atoms with Gasteiger partial charge in [-0.2, -0.15) is 5.10 Å². The number of carbonyl (C=O) groups excluding carboxylic acids is 1. The minimum absolute atomic E-state index is 0.256. The van der Waals surface area contributed by atoms with E-state index in [0.717, 1.165) is 11.3 Å². The second-order valence-corrected chi connectivity index (χ2v) is 6.49. The van der Waals surface area contributed by atoms with Crippen molar-refractivity contribution in [1.29, 1.82) is 0 Å². The first-order valence-electron chi connectivity index (χ1n) is 8.64. The third kappa shape index (κ3) is 4.15. The number of amides is 1. The lowest BCUT2D eigenvalue weighted by Gasteiger charge is -2.14. The van der Waals surface area contributed by atoms with E-state index in [9.17, 15) is 4.79 Å². The van der Waals surface area contributed by atoms with Crippen molar-refractivity contribution in [1.82, 2.24) is 20.1 Å². The van der Waals surface area contributed by atoms with E-state index in [1.807, 2.05) is 24.4 Å². The highest BCUT2D eigenvalue weighted by Crippen LogP contribution is 2.17. The maximum absolute atomic E-state index is 12.4. The molecule has 3 N–H and O–H groups in total. The van der Waals surface area contributed by atoms with Crippen LogP contribution in [0.4, 0.5) is 0 Å². The average molecular weight is 349 g/mol. The van der Waals surface area contributed by atoms with Gasteiger partial charge in [-0.1, -0.05) is 38.1 Å². The zero-order valence-electron chi connectivity index (χ0n) is 15.0. The summed E-state index contributed by atoms with van der Waals surface area (Å²) in [7, 11) is 0. The number of nitrogens with two attached hydrogens (primary N) is 1. The third-order valence-electron chi connectivity index (χ3n) is 4.26. The topological polar surface area (TPSA) is 85.8 Å². The number of pyridine rings is 1. The van der Waals surface area contributed by atoms with Crippen molar-refractivity contribution in [2.45, 2.75) is 25.8 Å². The summed E-state index contributed by atoms with van der Waals surface area (Å²) in [5.74, 6) is 0.223. The van der Waals surface area contributed by atoms with Gasteiger partial charge >= 0.3 is 0 Å². The Kier molecular flexibility index (Phi) is 5.43. The molecule has 6 nitrogen and oxygen atoms in total. The molecule has 2 aromatic heterocycles. The van der Waals surface area contributed by atoms with Gasteiger partial charge in [0.2, 0.25) is 0 Å². The van der Waals surface area contributed by atoms with Crippen LogP contribution < -0.4 is 11.1 Å². The van der Waals surface area contributed by atoms with Crippen LogP contribution in [-0.4, -0.2) is 27.2 Å². The number of hydrogen-bond donors (Lipinski definition) is 2. The summed E-state index contributed by atoms with van der Waals surface area (Å²) in [4.78, 5) is 16.5. The Bertz CT molecular complexity index is 856. The van der Waals surface area contributed by atoms with Crippen molar-refractivity contribution >= 4 is 5.91 Å². The standard InChI is InChI=1S/C20H23N5O/c1-14(2)15-4-6-16(7-5-15)18(21)13-23-20(26)19-12-17(8-10-22-19)25-11-3-9-24-25/h3-12,14,18H,13,21H2,1-2H3,(H,23,26). The lowest BCUT2D eigenvalue weighted by molar-refractivity contribution is 0.0946. The van der Waals surface area contributed by atoms with Crippen molar-refractivity contribution in [2.75, 3.05) is 6.54 Å². The molecule has 0 radical (unpaired) electrons. The summed E-state index contributed by atoms with van der Waals surface area (Å²) in [5, 5.41) is 7.01. The Hall–Kier alpha value is -2.99. The number of benzene rings is 1. The first-order valence-corrected chi connectivity index (χ1v) is 8.64. The molecule has 0 bridgehead atoms. The molecule has 1 aromatic carbocycles. The van der Waals surface area contributed by atoms with Crippen LogP contribution in [0.2, 0.25) is 0 Å². The SMILES string of the molecule is CC(C)c1ccc(C(N)CNC(=O)c2cc(-n3cccn3)ccn2)cc1. The van der Waals surface area contributed by atoms with Crippen LogP contribution in [0.25, 0.3) is 5.69 Å². The maximum atomic E-state index is 12.4. The highest BCUT2D eigenvalue weighted by atomic mass is 16.1. The van der Waals surface area contributed by atoms with Crippen molar-refractivity contribution < 1.29 is 4.79 Å². The summed E-state index contributed by atoms with van der Waals surface area (Å²) in [6.07, 6.45) is 5.09. The van der Waals surface area contributed by atoms with Crippen LogP contribution in [0.1, 0.15) is 47.4 Å².